The molecule has 0 unspecified atom stereocenters. The fourth-order valence-electron chi connectivity index (χ4n) is 2.40. The number of hydrogen-bond acceptors (Lipinski definition) is 5. The Bertz CT molecular complexity index is 523. The van der Waals surface area contributed by atoms with Crippen LogP contribution in [0.1, 0.15) is 23.2 Å². The third kappa shape index (κ3) is 2.88. The second-order valence-corrected chi connectivity index (χ2v) is 4.69. The number of methoxy groups -OCH3 is 1. The SMILES string of the molecule is COC1CCN(c2ccc(C(=O)O)c([N+](=O)[O-])c2)CC1. The van der Waals surface area contributed by atoms with Crippen molar-refractivity contribution in [2.24, 2.45) is 0 Å². The highest BCUT2D eigenvalue weighted by molar-refractivity contribution is 5.93. The van der Waals surface area contributed by atoms with Crippen molar-refractivity contribution in [3.63, 3.8) is 0 Å². The smallest absolute Gasteiger partial charge is 0.342 e. The molecule has 0 bridgehead atoms. The Kier molecular flexibility index (Phi) is 4.19. The minimum absolute atomic E-state index is 0.222. The van der Waals surface area contributed by atoms with Crippen LogP contribution in [0.25, 0.3) is 0 Å². The first-order chi connectivity index (χ1) is 9.52. The molecular formula is C13H16N2O5. The molecule has 0 spiro atoms. The van der Waals surface area contributed by atoms with Gasteiger partial charge in [-0.2, -0.15) is 0 Å². The van der Waals surface area contributed by atoms with E-state index in [0.29, 0.717) is 5.69 Å². The number of nitro benzene ring substituents is 1. The molecule has 1 N–H and O–H groups in total. The summed E-state index contributed by atoms with van der Waals surface area (Å²) in [6.45, 7) is 1.48. The predicted molar refractivity (Wildman–Crippen MR) is 72.3 cm³/mol. The maximum Gasteiger partial charge on any atom is 0.342 e. The molecule has 0 radical (unpaired) electrons. The molecule has 7 nitrogen and oxygen atoms in total. The summed E-state index contributed by atoms with van der Waals surface area (Å²) in [5.41, 5.74) is 0.0191. The lowest BCUT2D eigenvalue weighted by Crippen LogP contribution is -2.36. The number of carboxylic acids is 1. The molecule has 1 saturated heterocycles. The van der Waals surface area contributed by atoms with E-state index in [1.165, 1.54) is 12.1 Å². The van der Waals surface area contributed by atoms with Gasteiger partial charge in [-0.25, -0.2) is 4.79 Å². The number of piperidine rings is 1. The minimum Gasteiger partial charge on any atom is -0.477 e. The largest absolute Gasteiger partial charge is 0.477 e. The standard InChI is InChI=1S/C13H16N2O5/c1-20-10-4-6-14(7-5-10)9-2-3-11(13(16)17)12(8-9)15(18)19/h2-3,8,10H,4-7H2,1H3,(H,16,17). The van der Waals surface area contributed by atoms with Crippen LogP contribution in [-0.4, -0.2) is 42.3 Å². The highest BCUT2D eigenvalue weighted by atomic mass is 16.6. The molecule has 0 aromatic heterocycles. The molecule has 108 valence electrons. The highest BCUT2D eigenvalue weighted by Crippen LogP contribution is 2.28. The van der Waals surface area contributed by atoms with Gasteiger partial charge in [-0.1, -0.05) is 0 Å². The maximum atomic E-state index is 11.0. The normalized spacial score (nSPS) is 16.1. The summed E-state index contributed by atoms with van der Waals surface area (Å²) in [6.07, 6.45) is 1.93. The number of carbonyl (C=O) groups is 1. The van der Waals surface area contributed by atoms with Gasteiger partial charge in [-0.15, -0.1) is 0 Å². The molecule has 1 fully saturated rings. The Morgan fingerprint density at radius 3 is 2.60 bits per heavy atom. The lowest BCUT2D eigenvalue weighted by molar-refractivity contribution is -0.385. The summed E-state index contributed by atoms with van der Waals surface area (Å²) in [4.78, 5) is 23.3. The number of aromatic carboxylic acids is 1. The van der Waals surface area contributed by atoms with E-state index in [4.69, 9.17) is 9.84 Å². The quantitative estimate of drug-likeness (QED) is 0.669. The van der Waals surface area contributed by atoms with Crippen molar-refractivity contribution in [3.05, 3.63) is 33.9 Å². The van der Waals surface area contributed by atoms with E-state index in [1.54, 1.807) is 13.2 Å². The van der Waals surface area contributed by atoms with Gasteiger partial charge in [0.05, 0.1) is 11.0 Å². The average Bonchev–Trinajstić information content (AvgIpc) is 2.46. The molecule has 1 aromatic rings. The van der Waals surface area contributed by atoms with Gasteiger partial charge in [-0.3, -0.25) is 10.1 Å². The van der Waals surface area contributed by atoms with Crippen molar-refractivity contribution in [2.75, 3.05) is 25.1 Å². The predicted octanol–water partition coefficient (Wildman–Crippen LogP) is 1.91. The monoisotopic (exact) mass is 280 g/mol. The molecule has 1 heterocycles. The van der Waals surface area contributed by atoms with Gasteiger partial charge in [0.2, 0.25) is 0 Å². The molecular weight excluding hydrogens is 264 g/mol. The van der Waals surface area contributed by atoms with Gasteiger partial charge in [-0.05, 0) is 25.0 Å². The number of benzene rings is 1. The molecule has 7 heteroatoms. The minimum atomic E-state index is -1.29. The van der Waals surface area contributed by atoms with E-state index in [2.05, 4.69) is 0 Å². The summed E-state index contributed by atoms with van der Waals surface area (Å²) < 4.78 is 5.28. The van der Waals surface area contributed by atoms with Crippen molar-refractivity contribution in [3.8, 4) is 0 Å². The zero-order valence-corrected chi connectivity index (χ0v) is 11.1. The van der Waals surface area contributed by atoms with Crippen molar-refractivity contribution in [1.29, 1.82) is 0 Å². The third-order valence-electron chi connectivity index (χ3n) is 3.55. The van der Waals surface area contributed by atoms with Crippen molar-refractivity contribution < 1.29 is 19.6 Å². The van der Waals surface area contributed by atoms with Crippen molar-refractivity contribution >= 4 is 17.3 Å². The van der Waals surface area contributed by atoms with E-state index in [1.807, 2.05) is 4.90 Å². The first-order valence-electron chi connectivity index (χ1n) is 6.32. The summed E-state index contributed by atoms with van der Waals surface area (Å²) in [7, 11) is 1.67. The lowest BCUT2D eigenvalue weighted by Gasteiger charge is -2.32. The number of nitro groups is 1. The molecule has 1 aliphatic rings. The van der Waals surface area contributed by atoms with E-state index >= 15 is 0 Å². The van der Waals surface area contributed by atoms with Gasteiger partial charge in [0.25, 0.3) is 5.69 Å². The van der Waals surface area contributed by atoms with Crippen LogP contribution in [0.15, 0.2) is 18.2 Å². The lowest BCUT2D eigenvalue weighted by atomic mass is 10.1. The van der Waals surface area contributed by atoms with Crippen LogP contribution >= 0.6 is 0 Å². The number of hydrogen-bond donors (Lipinski definition) is 1. The summed E-state index contributed by atoms with van der Waals surface area (Å²) in [5.74, 6) is -1.29. The van der Waals surface area contributed by atoms with Crippen LogP contribution in [0.2, 0.25) is 0 Å². The summed E-state index contributed by atoms with van der Waals surface area (Å²) in [5, 5.41) is 19.9. The van der Waals surface area contributed by atoms with Crippen LogP contribution < -0.4 is 4.90 Å². The Balaban J connectivity index is 2.24. The molecule has 1 aliphatic heterocycles. The molecule has 0 atom stereocenters. The average molecular weight is 280 g/mol. The van der Waals surface area contributed by atoms with E-state index in [9.17, 15) is 14.9 Å². The van der Waals surface area contributed by atoms with Crippen LogP contribution in [0.5, 0.6) is 0 Å². The fourth-order valence-corrected chi connectivity index (χ4v) is 2.40. The highest BCUT2D eigenvalue weighted by Gasteiger charge is 2.24. The second kappa shape index (κ2) is 5.87. The zero-order chi connectivity index (χ0) is 14.7. The Morgan fingerprint density at radius 1 is 1.45 bits per heavy atom. The zero-order valence-electron chi connectivity index (χ0n) is 11.1. The first-order valence-corrected chi connectivity index (χ1v) is 6.32. The molecule has 0 aliphatic carbocycles. The second-order valence-electron chi connectivity index (χ2n) is 4.69. The molecule has 0 saturated carbocycles. The van der Waals surface area contributed by atoms with Gasteiger partial charge < -0.3 is 14.7 Å². The number of carboxylic acid groups (broad SMARTS) is 1. The Hall–Kier alpha value is -2.15. The topological polar surface area (TPSA) is 92.9 Å². The fraction of sp³-hybridized carbons (Fsp3) is 0.462. The Labute approximate surface area is 115 Å². The molecule has 20 heavy (non-hydrogen) atoms. The van der Waals surface area contributed by atoms with Gasteiger partial charge in [0.1, 0.15) is 5.56 Å². The first kappa shape index (κ1) is 14.3. The van der Waals surface area contributed by atoms with E-state index < -0.39 is 10.9 Å². The molecule has 0 amide bonds. The molecule has 2 rings (SSSR count). The molecule has 1 aromatic carbocycles. The third-order valence-corrected chi connectivity index (χ3v) is 3.55. The van der Waals surface area contributed by atoms with Gasteiger partial charge >= 0.3 is 5.97 Å². The van der Waals surface area contributed by atoms with E-state index in [0.717, 1.165) is 25.9 Å². The maximum absolute atomic E-state index is 11.0. The number of anilines is 1. The summed E-state index contributed by atoms with van der Waals surface area (Å²) in [6, 6.07) is 4.23. The number of rotatable bonds is 4. The summed E-state index contributed by atoms with van der Waals surface area (Å²) >= 11 is 0. The Morgan fingerprint density at radius 2 is 2.10 bits per heavy atom. The van der Waals surface area contributed by atoms with Crippen LogP contribution in [0.3, 0.4) is 0 Å². The van der Waals surface area contributed by atoms with Gasteiger partial charge in [0.15, 0.2) is 0 Å². The van der Waals surface area contributed by atoms with Crippen LogP contribution in [0, 0.1) is 10.1 Å². The van der Waals surface area contributed by atoms with Crippen LogP contribution in [0.4, 0.5) is 11.4 Å². The van der Waals surface area contributed by atoms with Crippen LogP contribution in [-0.2, 0) is 4.74 Å². The number of ether oxygens (including phenoxy) is 1. The van der Waals surface area contributed by atoms with E-state index in [-0.39, 0.29) is 17.4 Å². The number of nitrogens with zero attached hydrogens (tertiary/aromatic N) is 2. The van der Waals surface area contributed by atoms with Gasteiger partial charge in [0, 0.05) is 32.0 Å². The van der Waals surface area contributed by atoms with Crippen molar-refractivity contribution in [2.45, 2.75) is 18.9 Å². The van der Waals surface area contributed by atoms with Crippen molar-refractivity contribution in [1.82, 2.24) is 0 Å².